The summed E-state index contributed by atoms with van der Waals surface area (Å²) in [5.41, 5.74) is 0.785. The molecule has 0 spiro atoms. The third-order valence-corrected chi connectivity index (χ3v) is 10.9. The Morgan fingerprint density at radius 1 is 0.559 bits per heavy atom. The van der Waals surface area contributed by atoms with Gasteiger partial charge in [-0.3, -0.25) is 19.2 Å². The molecule has 1 aliphatic heterocycles. The molecule has 1 aromatic rings. The molecule has 5 atom stereocenters. The Morgan fingerprint density at radius 2 is 1.02 bits per heavy atom. The molecular formula is C47H78O12. The minimum Gasteiger partial charge on any atom is -0.497 e. The van der Waals surface area contributed by atoms with Crippen molar-refractivity contribution in [2.75, 3.05) is 20.8 Å². The SMILES string of the molecule is CCCCCCCCCCCCCC(=O)O[C@@H]1[C@@H](OC(=O)CCCCCCCCCCCCC)[C@@H](OC)O[C@H](COC(=O)CCC(=O)O)[C@H]1OCc1ccc(OC)cc1. The molecule has 1 N–H and O–H groups in total. The third kappa shape index (κ3) is 24.0. The van der Waals surface area contributed by atoms with Gasteiger partial charge < -0.3 is 38.3 Å². The lowest BCUT2D eigenvalue weighted by Crippen LogP contribution is -2.62. The van der Waals surface area contributed by atoms with Crippen LogP contribution >= 0.6 is 0 Å². The van der Waals surface area contributed by atoms with Crippen LogP contribution in [-0.4, -0.2) is 80.5 Å². The number of hydrogen-bond acceptors (Lipinski definition) is 11. The summed E-state index contributed by atoms with van der Waals surface area (Å²) in [6, 6.07) is 7.26. The zero-order valence-electron chi connectivity index (χ0n) is 36.9. The van der Waals surface area contributed by atoms with E-state index in [-0.39, 0.29) is 38.9 Å². The van der Waals surface area contributed by atoms with Gasteiger partial charge in [-0.05, 0) is 30.5 Å². The van der Waals surface area contributed by atoms with Gasteiger partial charge >= 0.3 is 23.9 Å². The van der Waals surface area contributed by atoms with E-state index in [4.69, 9.17) is 38.3 Å². The van der Waals surface area contributed by atoms with E-state index in [0.29, 0.717) is 18.6 Å². The maximum Gasteiger partial charge on any atom is 0.306 e. The van der Waals surface area contributed by atoms with Crippen LogP contribution in [0.3, 0.4) is 0 Å². The Bertz CT molecular complexity index is 1250. The maximum absolute atomic E-state index is 13.5. The lowest BCUT2D eigenvalue weighted by molar-refractivity contribution is -0.308. The fraction of sp³-hybridized carbons (Fsp3) is 0.787. The van der Waals surface area contributed by atoms with Crippen LogP contribution in [0.4, 0.5) is 0 Å². The molecule has 0 saturated carbocycles. The van der Waals surface area contributed by atoms with Crippen LogP contribution in [0.5, 0.6) is 5.75 Å². The number of carboxylic acids is 1. The quantitative estimate of drug-likeness (QED) is 0.0389. The average molecular weight is 835 g/mol. The number of carbonyl (C=O) groups excluding carboxylic acids is 3. The van der Waals surface area contributed by atoms with Gasteiger partial charge in [0.15, 0.2) is 18.5 Å². The van der Waals surface area contributed by atoms with Crippen LogP contribution in [0.15, 0.2) is 24.3 Å². The maximum atomic E-state index is 13.5. The highest BCUT2D eigenvalue weighted by Gasteiger charge is 2.51. The zero-order chi connectivity index (χ0) is 42.9. The molecule has 0 radical (unpaired) electrons. The molecule has 1 aliphatic rings. The average Bonchev–Trinajstić information content (AvgIpc) is 3.23. The molecule has 12 heteroatoms. The number of rotatable bonds is 36. The number of unbranched alkanes of at least 4 members (excludes halogenated alkanes) is 20. The molecule has 1 saturated heterocycles. The molecule has 1 heterocycles. The minimum atomic E-state index is -1.17. The normalized spacial score (nSPS) is 18.9. The largest absolute Gasteiger partial charge is 0.497 e. The number of benzene rings is 1. The first-order valence-electron chi connectivity index (χ1n) is 22.9. The fourth-order valence-corrected chi connectivity index (χ4v) is 7.32. The molecule has 2 rings (SSSR count). The van der Waals surface area contributed by atoms with Crippen LogP contribution in [0, 0.1) is 0 Å². The van der Waals surface area contributed by atoms with E-state index in [9.17, 15) is 19.2 Å². The fourth-order valence-electron chi connectivity index (χ4n) is 7.32. The van der Waals surface area contributed by atoms with Crippen molar-refractivity contribution >= 4 is 23.9 Å². The molecule has 12 nitrogen and oxygen atoms in total. The minimum absolute atomic E-state index is 0.0607. The van der Waals surface area contributed by atoms with Crippen molar-refractivity contribution in [3.63, 3.8) is 0 Å². The Kier molecular flexibility index (Phi) is 29.5. The molecule has 0 amide bonds. The highest BCUT2D eigenvalue weighted by Crippen LogP contribution is 2.31. The van der Waals surface area contributed by atoms with Crippen LogP contribution in [-0.2, 0) is 54.2 Å². The van der Waals surface area contributed by atoms with E-state index >= 15 is 0 Å². The van der Waals surface area contributed by atoms with Crippen molar-refractivity contribution in [3.05, 3.63) is 29.8 Å². The number of carboxylic acid groups (broad SMARTS) is 1. The van der Waals surface area contributed by atoms with Gasteiger partial charge in [-0.25, -0.2) is 0 Å². The first-order valence-corrected chi connectivity index (χ1v) is 22.9. The summed E-state index contributed by atoms with van der Waals surface area (Å²) < 4.78 is 41.2. The van der Waals surface area contributed by atoms with Crippen molar-refractivity contribution in [1.82, 2.24) is 0 Å². The van der Waals surface area contributed by atoms with Gasteiger partial charge in [0, 0.05) is 20.0 Å². The van der Waals surface area contributed by atoms with Gasteiger partial charge in [0.2, 0.25) is 0 Å². The number of carbonyl (C=O) groups is 4. The number of methoxy groups -OCH3 is 2. The van der Waals surface area contributed by atoms with Gasteiger partial charge in [0.1, 0.15) is 24.6 Å². The summed E-state index contributed by atoms with van der Waals surface area (Å²) in [5, 5.41) is 9.05. The van der Waals surface area contributed by atoms with Crippen molar-refractivity contribution < 1.29 is 57.4 Å². The van der Waals surface area contributed by atoms with Gasteiger partial charge in [0.25, 0.3) is 0 Å². The van der Waals surface area contributed by atoms with Crippen LogP contribution in [0.25, 0.3) is 0 Å². The van der Waals surface area contributed by atoms with Crippen LogP contribution in [0.1, 0.15) is 186 Å². The second kappa shape index (κ2) is 33.5. The van der Waals surface area contributed by atoms with Crippen LogP contribution < -0.4 is 4.74 Å². The van der Waals surface area contributed by atoms with Crippen molar-refractivity contribution in [1.29, 1.82) is 0 Å². The second-order valence-corrected chi connectivity index (χ2v) is 16.0. The predicted molar refractivity (Wildman–Crippen MR) is 227 cm³/mol. The Morgan fingerprint density at radius 3 is 1.46 bits per heavy atom. The van der Waals surface area contributed by atoms with E-state index < -0.39 is 54.6 Å². The van der Waals surface area contributed by atoms with E-state index in [2.05, 4.69) is 13.8 Å². The topological polar surface area (TPSA) is 153 Å². The zero-order valence-corrected chi connectivity index (χ0v) is 36.9. The van der Waals surface area contributed by atoms with Gasteiger partial charge in [-0.2, -0.15) is 0 Å². The molecule has 0 unspecified atom stereocenters. The van der Waals surface area contributed by atoms with Gasteiger partial charge in [-0.1, -0.05) is 154 Å². The summed E-state index contributed by atoms with van der Waals surface area (Å²) in [6.45, 7) is 4.18. The highest BCUT2D eigenvalue weighted by atomic mass is 16.7. The van der Waals surface area contributed by atoms with Crippen LogP contribution in [0.2, 0.25) is 0 Å². The number of aliphatic carboxylic acids is 1. The van der Waals surface area contributed by atoms with Gasteiger partial charge in [0.05, 0.1) is 26.6 Å². The Balaban J connectivity index is 2.14. The lowest BCUT2D eigenvalue weighted by atomic mass is 9.97. The van der Waals surface area contributed by atoms with E-state index in [1.54, 1.807) is 19.2 Å². The van der Waals surface area contributed by atoms with Crippen molar-refractivity contribution in [3.8, 4) is 5.75 Å². The predicted octanol–water partition coefficient (Wildman–Crippen LogP) is 10.6. The lowest BCUT2D eigenvalue weighted by Gasteiger charge is -2.44. The first kappa shape index (κ1) is 51.9. The molecule has 1 aromatic carbocycles. The summed E-state index contributed by atoms with van der Waals surface area (Å²) in [5.74, 6) is -2.12. The molecule has 1 fully saturated rings. The number of ether oxygens (including phenoxy) is 7. The first-order chi connectivity index (χ1) is 28.7. The molecule has 338 valence electrons. The van der Waals surface area contributed by atoms with Crippen molar-refractivity contribution in [2.45, 2.75) is 218 Å². The number of esters is 3. The Hall–Kier alpha value is -3.22. The molecular weight excluding hydrogens is 757 g/mol. The molecule has 59 heavy (non-hydrogen) atoms. The standard InChI is InChI=1S/C47H78O12/c1-5-7-9-11-13-15-17-19-21-23-25-27-42(51)58-45-44(56-35-37-29-31-38(53-3)32-30-37)39(36-55-41(50)34-33-40(48)49)57-47(54-4)46(45)59-43(52)28-26-24-22-20-18-16-14-12-10-8-6-2/h29-32,39,44-47H,5-28,33-36H2,1-4H3,(H,48,49)/t39-,44-,45+,46-,47+/m1/s1. The highest BCUT2D eigenvalue weighted by molar-refractivity contribution is 5.76. The molecule has 0 aliphatic carbocycles. The number of hydrogen-bond donors (Lipinski definition) is 1. The Labute approximate surface area is 355 Å². The summed E-state index contributed by atoms with van der Waals surface area (Å²) in [6.07, 6.45) is 19.3. The van der Waals surface area contributed by atoms with E-state index in [1.807, 2.05) is 12.1 Å². The van der Waals surface area contributed by atoms with Gasteiger partial charge in [-0.15, -0.1) is 0 Å². The molecule has 0 bridgehead atoms. The van der Waals surface area contributed by atoms with E-state index in [0.717, 1.165) is 44.1 Å². The summed E-state index contributed by atoms with van der Waals surface area (Å²) in [7, 11) is 2.97. The summed E-state index contributed by atoms with van der Waals surface area (Å²) >= 11 is 0. The van der Waals surface area contributed by atoms with E-state index in [1.165, 1.54) is 97.0 Å². The summed E-state index contributed by atoms with van der Waals surface area (Å²) in [4.78, 5) is 50.5. The second-order valence-electron chi connectivity index (χ2n) is 16.0. The third-order valence-electron chi connectivity index (χ3n) is 10.9. The smallest absolute Gasteiger partial charge is 0.306 e. The monoisotopic (exact) mass is 835 g/mol. The molecule has 0 aromatic heterocycles. The van der Waals surface area contributed by atoms with Crippen molar-refractivity contribution in [2.24, 2.45) is 0 Å².